The Bertz CT molecular complexity index is 486. The van der Waals surface area contributed by atoms with Crippen LogP contribution in [0.25, 0.3) is 0 Å². The van der Waals surface area contributed by atoms with Gasteiger partial charge < -0.3 is 16.2 Å². The van der Waals surface area contributed by atoms with Gasteiger partial charge in [0.05, 0.1) is 5.56 Å². The van der Waals surface area contributed by atoms with Gasteiger partial charge in [0.15, 0.2) is 0 Å². The van der Waals surface area contributed by atoms with Crippen molar-refractivity contribution in [3.05, 3.63) is 29.8 Å². The number of hydrogen-bond donors (Lipinski definition) is 3. The third-order valence-electron chi connectivity index (χ3n) is 3.69. The van der Waals surface area contributed by atoms with E-state index in [-0.39, 0.29) is 6.42 Å². The Hall–Kier alpha value is -2.04. The van der Waals surface area contributed by atoms with E-state index in [9.17, 15) is 9.59 Å². The summed E-state index contributed by atoms with van der Waals surface area (Å²) >= 11 is 0. The van der Waals surface area contributed by atoms with Gasteiger partial charge in [0.1, 0.15) is 0 Å². The number of para-hydroxylation sites is 1. The Morgan fingerprint density at radius 3 is 2.48 bits per heavy atom. The van der Waals surface area contributed by atoms with Crippen LogP contribution in [-0.2, 0) is 4.79 Å². The molecule has 0 aliphatic carbocycles. The lowest BCUT2D eigenvalue weighted by molar-refractivity contribution is -0.137. The number of carbonyl (C=O) groups is 2. The smallest absolute Gasteiger partial charge is 0.303 e. The molecule has 21 heavy (non-hydrogen) atoms. The molecule has 5 heteroatoms. The first-order chi connectivity index (χ1) is 9.91. The lowest BCUT2D eigenvalue weighted by Crippen LogP contribution is -2.18. The highest BCUT2D eigenvalue weighted by atomic mass is 16.4. The number of nitrogens with two attached hydrogens (primary N) is 1. The Morgan fingerprint density at radius 2 is 1.90 bits per heavy atom. The highest BCUT2D eigenvalue weighted by Crippen LogP contribution is 2.22. The van der Waals surface area contributed by atoms with Crippen LogP contribution in [0.1, 0.15) is 43.5 Å². The summed E-state index contributed by atoms with van der Waals surface area (Å²) in [5, 5.41) is 12.0. The van der Waals surface area contributed by atoms with E-state index in [1.807, 2.05) is 12.1 Å². The van der Waals surface area contributed by atoms with E-state index < -0.39 is 11.9 Å². The second kappa shape index (κ2) is 8.29. The van der Waals surface area contributed by atoms with Crippen LogP contribution in [0.3, 0.4) is 0 Å². The van der Waals surface area contributed by atoms with Crippen molar-refractivity contribution < 1.29 is 14.7 Å². The molecule has 1 unspecified atom stereocenters. The second-order valence-corrected chi connectivity index (χ2v) is 5.56. The van der Waals surface area contributed by atoms with Crippen molar-refractivity contribution in [2.75, 3.05) is 11.9 Å². The summed E-state index contributed by atoms with van der Waals surface area (Å²) in [6.07, 6.45) is 1.73. The Labute approximate surface area is 125 Å². The molecule has 0 aliphatic rings. The maximum absolute atomic E-state index is 11.3. The molecule has 0 aromatic heterocycles. The highest BCUT2D eigenvalue weighted by Gasteiger charge is 2.15. The zero-order valence-corrected chi connectivity index (χ0v) is 12.6. The fraction of sp³-hybridized carbons (Fsp3) is 0.500. The molecule has 5 nitrogen and oxygen atoms in total. The third kappa shape index (κ3) is 5.85. The first kappa shape index (κ1) is 17.0. The number of hydrogen-bond acceptors (Lipinski definition) is 3. The molecule has 1 atom stereocenters. The van der Waals surface area contributed by atoms with E-state index in [4.69, 9.17) is 10.8 Å². The Kier molecular flexibility index (Phi) is 6.72. The number of carboxylic acid groups (broad SMARTS) is 1. The standard InChI is InChI=1S/C16H24N2O3/c1-11(2)12(7-8-15(19)20)9-10-18-14-6-4-3-5-13(14)16(17)21/h3-6,11-12,18H,7-10H2,1-2H3,(H2,17,21)(H,19,20). The largest absolute Gasteiger partial charge is 0.481 e. The van der Waals surface area contributed by atoms with Crippen molar-refractivity contribution in [2.24, 2.45) is 17.6 Å². The molecule has 0 bridgehead atoms. The summed E-state index contributed by atoms with van der Waals surface area (Å²) in [5.41, 5.74) is 6.53. The molecule has 4 N–H and O–H groups in total. The SMILES string of the molecule is CC(C)C(CCNc1ccccc1C(N)=O)CCC(=O)O. The van der Waals surface area contributed by atoms with Crippen LogP contribution >= 0.6 is 0 Å². The van der Waals surface area contributed by atoms with E-state index in [1.165, 1.54) is 0 Å². The van der Waals surface area contributed by atoms with Gasteiger partial charge in [0.2, 0.25) is 0 Å². The molecule has 116 valence electrons. The van der Waals surface area contributed by atoms with Crippen LogP contribution in [0, 0.1) is 11.8 Å². The van der Waals surface area contributed by atoms with Gasteiger partial charge in [-0.2, -0.15) is 0 Å². The van der Waals surface area contributed by atoms with Gasteiger partial charge >= 0.3 is 5.97 Å². The number of carbonyl (C=O) groups excluding carboxylic acids is 1. The quantitative estimate of drug-likeness (QED) is 0.652. The minimum atomic E-state index is -0.757. The Balaban J connectivity index is 2.54. The molecule has 1 aromatic rings. The molecule has 0 radical (unpaired) electrons. The van der Waals surface area contributed by atoms with Gasteiger partial charge in [-0.15, -0.1) is 0 Å². The Morgan fingerprint density at radius 1 is 1.24 bits per heavy atom. The maximum atomic E-state index is 11.3. The van der Waals surface area contributed by atoms with Gasteiger partial charge in [-0.05, 0) is 36.8 Å². The number of aliphatic carboxylic acids is 1. The van der Waals surface area contributed by atoms with Crippen molar-refractivity contribution in [3.8, 4) is 0 Å². The molecule has 0 saturated heterocycles. The molecule has 1 rings (SSSR count). The van der Waals surface area contributed by atoms with Crippen LogP contribution in [-0.4, -0.2) is 23.5 Å². The predicted molar refractivity (Wildman–Crippen MR) is 83.3 cm³/mol. The average Bonchev–Trinajstić information content (AvgIpc) is 2.42. The van der Waals surface area contributed by atoms with Gasteiger partial charge in [-0.1, -0.05) is 26.0 Å². The monoisotopic (exact) mass is 292 g/mol. The number of amides is 1. The molecule has 0 saturated carbocycles. The van der Waals surface area contributed by atoms with Crippen molar-refractivity contribution in [1.82, 2.24) is 0 Å². The molecule has 0 heterocycles. The molecule has 0 aliphatic heterocycles. The molecule has 1 amide bonds. The minimum Gasteiger partial charge on any atom is -0.481 e. The van der Waals surface area contributed by atoms with E-state index >= 15 is 0 Å². The summed E-state index contributed by atoms with van der Waals surface area (Å²) in [7, 11) is 0. The first-order valence-corrected chi connectivity index (χ1v) is 7.26. The van der Waals surface area contributed by atoms with Crippen LogP contribution in [0.5, 0.6) is 0 Å². The van der Waals surface area contributed by atoms with Crippen molar-refractivity contribution in [3.63, 3.8) is 0 Å². The number of anilines is 1. The number of nitrogens with one attached hydrogen (secondary N) is 1. The van der Waals surface area contributed by atoms with Crippen molar-refractivity contribution >= 4 is 17.6 Å². The fourth-order valence-electron chi connectivity index (χ4n) is 2.36. The summed E-state index contributed by atoms with van der Waals surface area (Å²) < 4.78 is 0. The van der Waals surface area contributed by atoms with E-state index in [2.05, 4.69) is 19.2 Å². The van der Waals surface area contributed by atoms with Gasteiger partial charge in [-0.3, -0.25) is 9.59 Å². The van der Waals surface area contributed by atoms with Crippen LogP contribution in [0.15, 0.2) is 24.3 Å². The summed E-state index contributed by atoms with van der Waals surface area (Å²) in [5.74, 6) is -0.441. The lowest BCUT2D eigenvalue weighted by atomic mass is 9.88. The summed E-state index contributed by atoms with van der Waals surface area (Å²) in [4.78, 5) is 22.0. The van der Waals surface area contributed by atoms with Gasteiger partial charge in [0, 0.05) is 18.7 Å². The highest BCUT2D eigenvalue weighted by molar-refractivity contribution is 5.98. The van der Waals surface area contributed by atoms with Crippen molar-refractivity contribution in [1.29, 1.82) is 0 Å². The maximum Gasteiger partial charge on any atom is 0.303 e. The predicted octanol–water partition coefficient (Wildman–Crippen LogP) is 2.72. The van der Waals surface area contributed by atoms with E-state index in [1.54, 1.807) is 12.1 Å². The molecule has 1 aromatic carbocycles. The lowest BCUT2D eigenvalue weighted by Gasteiger charge is -2.21. The van der Waals surface area contributed by atoms with Gasteiger partial charge in [-0.25, -0.2) is 0 Å². The normalized spacial score (nSPS) is 12.1. The van der Waals surface area contributed by atoms with Crippen LogP contribution < -0.4 is 11.1 Å². The topological polar surface area (TPSA) is 92.4 Å². The molecule has 0 fully saturated rings. The second-order valence-electron chi connectivity index (χ2n) is 5.56. The van der Waals surface area contributed by atoms with Gasteiger partial charge in [0.25, 0.3) is 5.91 Å². The molecular weight excluding hydrogens is 268 g/mol. The zero-order chi connectivity index (χ0) is 15.8. The number of carboxylic acids is 1. The summed E-state index contributed by atoms with van der Waals surface area (Å²) in [6, 6.07) is 7.13. The fourth-order valence-corrected chi connectivity index (χ4v) is 2.36. The van der Waals surface area contributed by atoms with E-state index in [0.29, 0.717) is 30.4 Å². The van der Waals surface area contributed by atoms with Crippen LogP contribution in [0.2, 0.25) is 0 Å². The van der Waals surface area contributed by atoms with Crippen molar-refractivity contribution in [2.45, 2.75) is 33.1 Å². The molecule has 0 spiro atoms. The zero-order valence-electron chi connectivity index (χ0n) is 12.6. The summed E-state index contributed by atoms with van der Waals surface area (Å²) in [6.45, 7) is 4.89. The number of rotatable bonds is 9. The first-order valence-electron chi connectivity index (χ1n) is 7.26. The minimum absolute atomic E-state index is 0.195. The number of primary amides is 1. The van der Waals surface area contributed by atoms with E-state index in [0.717, 1.165) is 12.1 Å². The third-order valence-corrected chi connectivity index (χ3v) is 3.69. The molecular formula is C16H24N2O3. The van der Waals surface area contributed by atoms with Crippen LogP contribution in [0.4, 0.5) is 5.69 Å². The number of benzene rings is 1. The average molecular weight is 292 g/mol.